The van der Waals surface area contributed by atoms with Crippen LogP contribution in [0.2, 0.25) is 0 Å². The highest BCUT2D eigenvalue weighted by Crippen LogP contribution is 2.20. The van der Waals surface area contributed by atoms with Crippen LogP contribution in [0, 0.1) is 19.8 Å². The number of carbonyl (C=O) groups excluding carboxylic acids is 1. The number of carbonyl (C=O) groups is 1. The number of nitrogens with one attached hydrogen (secondary N) is 1. The molecule has 4 nitrogen and oxygen atoms in total. The molecule has 124 valence electrons. The van der Waals surface area contributed by atoms with Crippen LogP contribution >= 0.6 is 12.4 Å². The van der Waals surface area contributed by atoms with Gasteiger partial charge in [-0.3, -0.25) is 9.69 Å². The lowest BCUT2D eigenvalue weighted by molar-refractivity contribution is -0.126. The first kappa shape index (κ1) is 18.9. The number of nitrogens with zero attached hydrogens (tertiary/aromatic N) is 1. The summed E-state index contributed by atoms with van der Waals surface area (Å²) in [5.74, 6) is 0.266. The maximum Gasteiger partial charge on any atom is 0.224 e. The number of aryl methyl sites for hydroxylation is 2. The second kappa shape index (κ2) is 9.13. The maximum atomic E-state index is 12.1. The molecule has 1 saturated heterocycles. The minimum absolute atomic E-state index is 0. The van der Waals surface area contributed by atoms with Crippen LogP contribution in [0.5, 0.6) is 0 Å². The third kappa shape index (κ3) is 5.27. The molecule has 0 radical (unpaired) electrons. The van der Waals surface area contributed by atoms with Crippen molar-refractivity contribution in [3.05, 3.63) is 34.9 Å². The molecule has 1 aliphatic rings. The van der Waals surface area contributed by atoms with Gasteiger partial charge in [-0.1, -0.05) is 23.8 Å². The smallest absolute Gasteiger partial charge is 0.224 e. The van der Waals surface area contributed by atoms with Crippen molar-refractivity contribution < 1.29 is 4.79 Å². The van der Waals surface area contributed by atoms with Gasteiger partial charge >= 0.3 is 0 Å². The van der Waals surface area contributed by atoms with Crippen molar-refractivity contribution in [1.29, 1.82) is 0 Å². The summed E-state index contributed by atoms with van der Waals surface area (Å²) in [5.41, 5.74) is 9.44. The molecule has 0 bridgehead atoms. The molecule has 1 heterocycles. The zero-order chi connectivity index (χ0) is 15.2. The van der Waals surface area contributed by atoms with Gasteiger partial charge in [-0.2, -0.15) is 0 Å². The number of halogens is 1. The number of hydrogen-bond acceptors (Lipinski definition) is 3. The average Bonchev–Trinajstić information content (AvgIpc) is 2.48. The quantitative estimate of drug-likeness (QED) is 0.870. The van der Waals surface area contributed by atoms with Crippen LogP contribution in [0.4, 0.5) is 0 Å². The van der Waals surface area contributed by atoms with Crippen molar-refractivity contribution >= 4 is 18.3 Å². The molecule has 1 amide bonds. The van der Waals surface area contributed by atoms with Crippen LogP contribution in [-0.2, 0) is 11.3 Å². The standard InChI is InChI=1S/C17H27N3O.ClH/c1-13-5-6-15(14(2)10-13)11-20-9-3-4-16(12-20)17(21)19-8-7-18;/h5-6,10,16H,3-4,7-9,11-12,18H2,1-2H3,(H,19,21);1H. The number of piperidine rings is 1. The van der Waals surface area contributed by atoms with Gasteiger partial charge in [0.05, 0.1) is 5.92 Å². The molecule has 1 aromatic carbocycles. The Labute approximate surface area is 139 Å². The van der Waals surface area contributed by atoms with E-state index in [4.69, 9.17) is 5.73 Å². The molecule has 1 aliphatic heterocycles. The minimum Gasteiger partial charge on any atom is -0.355 e. The summed E-state index contributed by atoms with van der Waals surface area (Å²) in [5, 5.41) is 2.91. The molecule has 5 heteroatoms. The van der Waals surface area contributed by atoms with Crippen molar-refractivity contribution in [3.63, 3.8) is 0 Å². The molecule has 0 spiro atoms. The Morgan fingerprint density at radius 3 is 2.86 bits per heavy atom. The lowest BCUT2D eigenvalue weighted by Crippen LogP contribution is -2.43. The molecule has 22 heavy (non-hydrogen) atoms. The number of likely N-dealkylation sites (tertiary alicyclic amines) is 1. The third-order valence-electron chi connectivity index (χ3n) is 4.21. The van der Waals surface area contributed by atoms with Crippen LogP contribution < -0.4 is 11.1 Å². The Balaban J connectivity index is 0.00000242. The molecular formula is C17H28ClN3O. The highest BCUT2D eigenvalue weighted by Gasteiger charge is 2.25. The average molecular weight is 326 g/mol. The zero-order valence-electron chi connectivity index (χ0n) is 13.6. The SMILES string of the molecule is Cc1ccc(CN2CCCC(C(=O)NCCN)C2)c(C)c1.Cl. The predicted molar refractivity (Wildman–Crippen MR) is 93.2 cm³/mol. The topological polar surface area (TPSA) is 58.4 Å². The van der Waals surface area contributed by atoms with E-state index in [1.807, 2.05) is 0 Å². The lowest BCUT2D eigenvalue weighted by Gasteiger charge is -2.32. The van der Waals surface area contributed by atoms with Crippen LogP contribution in [0.25, 0.3) is 0 Å². The van der Waals surface area contributed by atoms with Crippen molar-refractivity contribution in [2.24, 2.45) is 11.7 Å². The van der Waals surface area contributed by atoms with E-state index in [2.05, 4.69) is 42.3 Å². The van der Waals surface area contributed by atoms with E-state index in [-0.39, 0.29) is 24.2 Å². The minimum atomic E-state index is 0. The second-order valence-electron chi connectivity index (χ2n) is 6.08. The van der Waals surface area contributed by atoms with Gasteiger partial charge in [-0.25, -0.2) is 0 Å². The van der Waals surface area contributed by atoms with Crippen LogP contribution in [0.3, 0.4) is 0 Å². The van der Waals surface area contributed by atoms with E-state index in [9.17, 15) is 4.79 Å². The highest BCUT2D eigenvalue weighted by molar-refractivity contribution is 5.85. The van der Waals surface area contributed by atoms with Crippen LogP contribution in [0.1, 0.15) is 29.5 Å². The van der Waals surface area contributed by atoms with Gasteiger partial charge in [0, 0.05) is 26.2 Å². The summed E-state index contributed by atoms with van der Waals surface area (Å²) < 4.78 is 0. The van der Waals surface area contributed by atoms with Crippen molar-refractivity contribution in [3.8, 4) is 0 Å². The Morgan fingerprint density at radius 1 is 1.41 bits per heavy atom. The zero-order valence-corrected chi connectivity index (χ0v) is 14.4. The molecule has 2 rings (SSSR count). The van der Waals surface area contributed by atoms with Gasteiger partial charge in [0.1, 0.15) is 0 Å². The van der Waals surface area contributed by atoms with Gasteiger partial charge in [-0.05, 0) is 44.4 Å². The first-order valence-corrected chi connectivity index (χ1v) is 7.86. The fourth-order valence-corrected chi connectivity index (χ4v) is 3.02. The first-order chi connectivity index (χ1) is 10.1. The van der Waals surface area contributed by atoms with E-state index in [1.54, 1.807) is 0 Å². The van der Waals surface area contributed by atoms with Gasteiger partial charge in [-0.15, -0.1) is 12.4 Å². The number of rotatable bonds is 5. The molecule has 0 aliphatic carbocycles. The number of hydrogen-bond donors (Lipinski definition) is 2. The normalized spacial score (nSPS) is 18.6. The summed E-state index contributed by atoms with van der Waals surface area (Å²) in [4.78, 5) is 14.5. The highest BCUT2D eigenvalue weighted by atomic mass is 35.5. The molecule has 1 fully saturated rings. The monoisotopic (exact) mass is 325 g/mol. The van der Waals surface area contributed by atoms with E-state index < -0.39 is 0 Å². The predicted octanol–water partition coefficient (Wildman–Crippen LogP) is 2.01. The fraction of sp³-hybridized carbons (Fsp3) is 0.588. The molecule has 1 atom stereocenters. The molecular weight excluding hydrogens is 298 g/mol. The number of benzene rings is 1. The first-order valence-electron chi connectivity index (χ1n) is 7.86. The van der Waals surface area contributed by atoms with E-state index in [1.165, 1.54) is 16.7 Å². The maximum absolute atomic E-state index is 12.1. The van der Waals surface area contributed by atoms with Gasteiger partial charge in [0.25, 0.3) is 0 Å². The van der Waals surface area contributed by atoms with Gasteiger partial charge < -0.3 is 11.1 Å². The van der Waals surface area contributed by atoms with Gasteiger partial charge in [0.2, 0.25) is 5.91 Å². The molecule has 0 saturated carbocycles. The van der Waals surface area contributed by atoms with Crippen molar-refractivity contribution in [2.45, 2.75) is 33.2 Å². The summed E-state index contributed by atoms with van der Waals surface area (Å²) in [6.45, 7) is 8.23. The molecule has 3 N–H and O–H groups in total. The molecule has 1 unspecified atom stereocenters. The summed E-state index contributed by atoms with van der Waals surface area (Å²) in [7, 11) is 0. The van der Waals surface area contributed by atoms with Crippen LogP contribution in [-0.4, -0.2) is 37.0 Å². The Kier molecular flexibility index (Phi) is 7.87. The van der Waals surface area contributed by atoms with E-state index in [0.717, 1.165) is 32.5 Å². The van der Waals surface area contributed by atoms with Gasteiger partial charge in [0.15, 0.2) is 0 Å². The van der Waals surface area contributed by atoms with Crippen molar-refractivity contribution in [1.82, 2.24) is 10.2 Å². The van der Waals surface area contributed by atoms with Crippen molar-refractivity contribution in [2.75, 3.05) is 26.2 Å². The van der Waals surface area contributed by atoms with Crippen LogP contribution in [0.15, 0.2) is 18.2 Å². The van der Waals surface area contributed by atoms with E-state index >= 15 is 0 Å². The largest absolute Gasteiger partial charge is 0.355 e. The summed E-state index contributed by atoms with van der Waals surface area (Å²) >= 11 is 0. The molecule has 1 aromatic rings. The Bertz CT molecular complexity index is 493. The summed E-state index contributed by atoms with van der Waals surface area (Å²) in [6, 6.07) is 6.60. The fourth-order valence-electron chi connectivity index (χ4n) is 3.02. The number of nitrogens with two attached hydrogens (primary N) is 1. The lowest BCUT2D eigenvalue weighted by atomic mass is 9.96. The van der Waals surface area contributed by atoms with E-state index in [0.29, 0.717) is 13.1 Å². The Morgan fingerprint density at radius 2 is 2.18 bits per heavy atom. The second-order valence-corrected chi connectivity index (χ2v) is 6.08. The third-order valence-corrected chi connectivity index (χ3v) is 4.21. The molecule has 0 aromatic heterocycles. The number of amides is 1. The summed E-state index contributed by atoms with van der Waals surface area (Å²) in [6.07, 6.45) is 2.07. The Hall–Kier alpha value is -1.10.